The Balaban J connectivity index is 1.61. The standard InChI is InChI=1S/C19H20N4OS/c1-12-17(13(2)22-21-12)16-9-6-10-23(16)19(24)15-11-25-18(20-15)14-7-4-3-5-8-14/h3-5,7-8,11,16H,6,9-10H2,1-2H3,(H,21,22). The number of amides is 1. The van der Waals surface area contributed by atoms with Gasteiger partial charge < -0.3 is 4.90 Å². The van der Waals surface area contributed by atoms with E-state index in [1.54, 1.807) is 0 Å². The number of carbonyl (C=O) groups excluding carboxylic acids is 1. The minimum absolute atomic E-state index is 0.0148. The predicted octanol–water partition coefficient (Wildman–Crippen LogP) is 4.13. The smallest absolute Gasteiger partial charge is 0.273 e. The number of H-pyrrole nitrogens is 1. The highest BCUT2D eigenvalue weighted by Crippen LogP contribution is 2.36. The first kappa shape index (κ1) is 16.0. The molecular weight excluding hydrogens is 332 g/mol. The number of nitrogens with zero attached hydrogens (tertiary/aromatic N) is 3. The van der Waals surface area contributed by atoms with E-state index in [0.717, 1.165) is 46.9 Å². The van der Waals surface area contributed by atoms with E-state index in [2.05, 4.69) is 15.2 Å². The molecule has 1 aliphatic heterocycles. The molecule has 0 aliphatic carbocycles. The maximum Gasteiger partial charge on any atom is 0.273 e. The summed E-state index contributed by atoms with van der Waals surface area (Å²) in [4.78, 5) is 19.6. The summed E-state index contributed by atoms with van der Waals surface area (Å²) >= 11 is 1.52. The van der Waals surface area contributed by atoms with Gasteiger partial charge >= 0.3 is 0 Å². The van der Waals surface area contributed by atoms with Gasteiger partial charge in [0.05, 0.1) is 11.7 Å². The van der Waals surface area contributed by atoms with Crippen molar-refractivity contribution < 1.29 is 4.79 Å². The van der Waals surface area contributed by atoms with Crippen molar-refractivity contribution in [1.29, 1.82) is 0 Å². The van der Waals surface area contributed by atoms with E-state index in [1.165, 1.54) is 11.3 Å². The van der Waals surface area contributed by atoms with Gasteiger partial charge in [-0.25, -0.2) is 4.98 Å². The number of benzene rings is 1. The average Bonchev–Trinajstić information content (AvgIpc) is 3.35. The highest BCUT2D eigenvalue weighted by Gasteiger charge is 2.34. The summed E-state index contributed by atoms with van der Waals surface area (Å²) in [6.45, 7) is 4.79. The number of rotatable bonds is 3. The third-order valence-electron chi connectivity index (χ3n) is 4.78. The Morgan fingerprint density at radius 3 is 2.80 bits per heavy atom. The van der Waals surface area contributed by atoms with Crippen molar-refractivity contribution in [2.75, 3.05) is 6.54 Å². The SMILES string of the molecule is Cc1n[nH]c(C)c1C1CCCN1C(=O)c1csc(-c2ccccc2)n1. The molecule has 1 N–H and O–H groups in total. The molecule has 1 atom stereocenters. The molecule has 1 aliphatic rings. The summed E-state index contributed by atoms with van der Waals surface area (Å²) in [5, 5.41) is 10.1. The van der Waals surface area contributed by atoms with Crippen LogP contribution in [0, 0.1) is 13.8 Å². The number of nitrogens with one attached hydrogen (secondary N) is 1. The lowest BCUT2D eigenvalue weighted by molar-refractivity contribution is 0.0730. The quantitative estimate of drug-likeness (QED) is 0.771. The highest BCUT2D eigenvalue weighted by atomic mass is 32.1. The third-order valence-corrected chi connectivity index (χ3v) is 5.67. The van der Waals surface area contributed by atoms with Gasteiger partial charge in [-0.05, 0) is 26.7 Å². The summed E-state index contributed by atoms with van der Waals surface area (Å²) in [5.41, 5.74) is 4.76. The van der Waals surface area contributed by atoms with Gasteiger partial charge in [0.2, 0.25) is 0 Å². The molecule has 1 aromatic carbocycles. The van der Waals surface area contributed by atoms with E-state index < -0.39 is 0 Å². The molecule has 25 heavy (non-hydrogen) atoms. The van der Waals surface area contributed by atoms with Crippen LogP contribution in [0.25, 0.3) is 10.6 Å². The first-order valence-electron chi connectivity index (χ1n) is 8.48. The largest absolute Gasteiger partial charge is 0.330 e. The fourth-order valence-corrected chi connectivity index (χ4v) is 4.39. The van der Waals surface area contributed by atoms with Gasteiger partial charge in [0.1, 0.15) is 10.7 Å². The first-order valence-corrected chi connectivity index (χ1v) is 9.36. The molecule has 2 aromatic heterocycles. The van der Waals surface area contributed by atoms with Crippen LogP contribution >= 0.6 is 11.3 Å². The number of hydrogen-bond acceptors (Lipinski definition) is 4. The predicted molar refractivity (Wildman–Crippen MR) is 98.6 cm³/mol. The Kier molecular flexibility index (Phi) is 4.13. The fraction of sp³-hybridized carbons (Fsp3) is 0.316. The molecule has 5 nitrogen and oxygen atoms in total. The van der Waals surface area contributed by atoms with Gasteiger partial charge in [0, 0.05) is 28.7 Å². The Labute approximate surface area is 150 Å². The molecule has 3 heterocycles. The Morgan fingerprint density at radius 1 is 1.28 bits per heavy atom. The van der Waals surface area contributed by atoms with Crippen LogP contribution in [0.1, 0.15) is 46.3 Å². The van der Waals surface area contributed by atoms with Gasteiger partial charge in [-0.15, -0.1) is 11.3 Å². The molecule has 1 unspecified atom stereocenters. The molecule has 0 saturated carbocycles. The monoisotopic (exact) mass is 352 g/mol. The lowest BCUT2D eigenvalue weighted by atomic mass is 10.0. The molecule has 0 spiro atoms. The number of hydrogen-bond donors (Lipinski definition) is 1. The fourth-order valence-electron chi connectivity index (χ4n) is 3.59. The summed E-state index contributed by atoms with van der Waals surface area (Å²) < 4.78 is 0. The van der Waals surface area contributed by atoms with Gasteiger partial charge in [-0.2, -0.15) is 5.10 Å². The maximum atomic E-state index is 13.1. The van der Waals surface area contributed by atoms with Crippen molar-refractivity contribution in [3.63, 3.8) is 0 Å². The Bertz CT molecular complexity index is 880. The van der Waals surface area contributed by atoms with Crippen LogP contribution in [0.15, 0.2) is 35.7 Å². The molecule has 1 amide bonds. The minimum Gasteiger partial charge on any atom is -0.330 e. The highest BCUT2D eigenvalue weighted by molar-refractivity contribution is 7.13. The van der Waals surface area contributed by atoms with Crippen LogP contribution in [0.4, 0.5) is 0 Å². The molecule has 4 rings (SSSR count). The zero-order valence-electron chi connectivity index (χ0n) is 14.3. The van der Waals surface area contributed by atoms with Gasteiger partial charge in [-0.3, -0.25) is 9.89 Å². The maximum absolute atomic E-state index is 13.1. The number of likely N-dealkylation sites (tertiary alicyclic amines) is 1. The van der Waals surface area contributed by atoms with E-state index in [0.29, 0.717) is 5.69 Å². The van der Waals surface area contributed by atoms with Gasteiger partial charge in [-0.1, -0.05) is 30.3 Å². The van der Waals surface area contributed by atoms with E-state index in [4.69, 9.17) is 0 Å². The number of aromatic nitrogens is 3. The zero-order chi connectivity index (χ0) is 17.4. The van der Waals surface area contributed by atoms with Crippen molar-refractivity contribution in [3.8, 4) is 10.6 Å². The van der Waals surface area contributed by atoms with E-state index in [-0.39, 0.29) is 11.9 Å². The van der Waals surface area contributed by atoms with Crippen molar-refractivity contribution in [2.45, 2.75) is 32.7 Å². The second-order valence-electron chi connectivity index (χ2n) is 6.41. The third kappa shape index (κ3) is 2.87. The van der Waals surface area contributed by atoms with Crippen LogP contribution < -0.4 is 0 Å². The molecular formula is C19H20N4OS. The van der Waals surface area contributed by atoms with Crippen LogP contribution in [-0.4, -0.2) is 32.5 Å². The number of aromatic amines is 1. The Morgan fingerprint density at radius 2 is 2.08 bits per heavy atom. The summed E-state index contributed by atoms with van der Waals surface area (Å²) in [7, 11) is 0. The molecule has 0 radical (unpaired) electrons. The average molecular weight is 352 g/mol. The zero-order valence-corrected chi connectivity index (χ0v) is 15.1. The van der Waals surface area contributed by atoms with Crippen molar-refractivity contribution in [3.05, 3.63) is 58.4 Å². The molecule has 6 heteroatoms. The van der Waals surface area contributed by atoms with Crippen LogP contribution in [-0.2, 0) is 0 Å². The summed E-state index contributed by atoms with van der Waals surface area (Å²) in [5.74, 6) is 0.0148. The number of aryl methyl sites for hydroxylation is 2. The van der Waals surface area contributed by atoms with E-state index >= 15 is 0 Å². The summed E-state index contributed by atoms with van der Waals surface area (Å²) in [6, 6.07) is 10.1. The topological polar surface area (TPSA) is 61.9 Å². The normalized spacial score (nSPS) is 17.2. The Hall–Kier alpha value is -2.47. The molecule has 0 bridgehead atoms. The number of carbonyl (C=O) groups is 1. The summed E-state index contributed by atoms with van der Waals surface area (Å²) in [6.07, 6.45) is 1.98. The molecule has 3 aromatic rings. The first-order chi connectivity index (χ1) is 12.1. The van der Waals surface area contributed by atoms with Crippen molar-refractivity contribution in [1.82, 2.24) is 20.1 Å². The van der Waals surface area contributed by atoms with E-state index in [9.17, 15) is 4.79 Å². The van der Waals surface area contributed by atoms with Gasteiger partial charge in [0.15, 0.2) is 0 Å². The second kappa shape index (κ2) is 6.44. The second-order valence-corrected chi connectivity index (χ2v) is 7.27. The lowest BCUT2D eigenvalue weighted by Crippen LogP contribution is -2.31. The van der Waals surface area contributed by atoms with Crippen LogP contribution in [0.2, 0.25) is 0 Å². The number of thiazole rings is 1. The van der Waals surface area contributed by atoms with Gasteiger partial charge in [0.25, 0.3) is 5.91 Å². The van der Waals surface area contributed by atoms with Crippen LogP contribution in [0.5, 0.6) is 0 Å². The van der Waals surface area contributed by atoms with Crippen molar-refractivity contribution in [2.24, 2.45) is 0 Å². The molecule has 128 valence electrons. The lowest BCUT2D eigenvalue weighted by Gasteiger charge is -2.24. The van der Waals surface area contributed by atoms with E-state index in [1.807, 2.05) is 54.5 Å². The molecule has 1 saturated heterocycles. The minimum atomic E-state index is 0.0148. The van der Waals surface area contributed by atoms with Crippen molar-refractivity contribution >= 4 is 17.2 Å². The molecule has 1 fully saturated rings. The van der Waals surface area contributed by atoms with Crippen LogP contribution in [0.3, 0.4) is 0 Å².